The van der Waals surface area contributed by atoms with Crippen molar-refractivity contribution >= 4 is 184 Å². The van der Waals surface area contributed by atoms with Crippen LogP contribution in [0.1, 0.15) is 125 Å². The van der Waals surface area contributed by atoms with Crippen molar-refractivity contribution in [3.05, 3.63) is 136 Å². The molecule has 150 heavy (non-hydrogen) atoms. The first-order valence-corrected chi connectivity index (χ1v) is 52.7. The molecular weight excluding hydrogens is 2040 g/mol. The number of guanidine groups is 2. The Hall–Kier alpha value is -15.3. The highest BCUT2D eigenvalue weighted by Gasteiger charge is 2.51. The van der Waals surface area contributed by atoms with Crippen LogP contribution in [0.15, 0.2) is 119 Å². The molecule has 4 heterocycles. The molecule has 58 heteroatoms. The van der Waals surface area contributed by atoms with E-state index in [0.717, 1.165) is 26.5 Å². The Balaban J connectivity index is 0.000000406. The molecule has 4 saturated heterocycles. The molecule has 4 aromatic rings. The Morgan fingerprint density at radius 2 is 0.847 bits per heavy atom. The van der Waals surface area contributed by atoms with Crippen molar-refractivity contribution in [3.63, 3.8) is 0 Å². The van der Waals surface area contributed by atoms with Crippen LogP contribution in [-0.4, -0.2) is 318 Å². The summed E-state index contributed by atoms with van der Waals surface area (Å²) in [6, 6.07) is 6.60. The second-order valence-electron chi connectivity index (χ2n) is 35.0. The number of carbonyl (C=O) groups excluding carboxylic acids is 22. The minimum atomic E-state index is -2.16. The minimum Gasteiger partial charge on any atom is -0.508 e. The number of carbonyl (C=O) groups is 22. The first-order valence-electron chi connectivity index (χ1n) is 47.4. The molecule has 0 aromatic heterocycles. The van der Waals surface area contributed by atoms with Crippen LogP contribution in [0.3, 0.4) is 0 Å². The highest BCUT2D eigenvalue weighted by Crippen LogP contribution is 2.29. The second kappa shape index (κ2) is 62.1. The number of Topliss-reactive ketones (excluding diaryl/α,β-unsaturated/α-hetero) is 2. The SMILES string of the molecule is NC(=O)CC[C@@H]1NC(=O)[C@H](Cc2ccccc2)NC(=O)[C@H](Cc2ccc(O)cc2)NC(=O)CCSS(=O)C[C@@H](C(=O)C(=O)[C@@H]2CCCN2N[C@H](CCCN=C(N)N)C(=O)NCC(N)=O)NC(=O)[C@H](CC(N)=O)NC1=O.NC(=O)CC[C@@H]1NC(=O)[C@H](Cc2ccccc2)NC(=O)[C@H](Cc2ccc(O)cc2)NC(=O)CCSSC[C@@H](C(=O)N2CCC[C@H]2C(=O)N[C@H](CCCN=C(N)N)C(=O)NCC(N)=O)[N+](=O)C(=O)[C@H](CC(N)=O)NC1=O. The van der Waals surface area contributed by atoms with Gasteiger partial charge in [0.25, 0.3) is 11.9 Å². The van der Waals surface area contributed by atoms with Crippen molar-refractivity contribution in [2.45, 2.75) is 213 Å². The summed E-state index contributed by atoms with van der Waals surface area (Å²) < 4.78 is 13.5. The van der Waals surface area contributed by atoms with Gasteiger partial charge in [0, 0.05) is 94.0 Å². The number of hydrogen-bond acceptors (Lipinski definition) is 33. The number of benzene rings is 4. The molecule has 0 radical (unpaired) electrons. The van der Waals surface area contributed by atoms with Crippen LogP contribution in [0.25, 0.3) is 0 Å². The number of amides is 20. The van der Waals surface area contributed by atoms with Gasteiger partial charge in [-0.1, -0.05) is 117 Å². The van der Waals surface area contributed by atoms with Gasteiger partial charge in [0.2, 0.25) is 118 Å². The second-order valence-corrected chi connectivity index (χ2v) is 41.0. The Morgan fingerprint density at radius 1 is 0.447 bits per heavy atom. The normalized spacial score (nSPS) is 22.3. The maximum Gasteiger partial charge on any atom is 0.456 e. The van der Waals surface area contributed by atoms with Crippen molar-refractivity contribution in [3.8, 4) is 11.5 Å². The molecule has 0 bridgehead atoms. The standard InChI is InChI=1S/C46H64N14O13S2.C46H62N14O13S2/c47-35(62)15-14-28-42(69)57-32(22-36(48)63)45(72)58-33(39(66)40(67)34-9-5-18-60(34)59-29(8-4-17-52-46(50)51)41(68)53-23-37(49)64)24-75(73)74-19-16-38(65)54-30(21-26-10-12-27(61)13-11-26)43(70)56-31(44(71)55-28)20-25-6-2-1-3-7-25;47-35(62)15-14-29-40(67)58-32(22-36(48)63)44(71)60(73)34(45(72)59-18-5-9-33(59)43(70)56-28(8-4-17-52-46(50)51)39(66)53-23-37(49)64)24-75-74-19-16-38(65)54-30(21-26-10-12-27(61)13-11-26)41(68)57-31(42(69)55-29)20-25-6-2-1-3-7-25/h1-3,6-7,10-13,28-34,59,61H,4-5,8-9,14-24H2,(H2,47,62)(H2,48,63)(H2,49,64)(H,53,68)(H,54,65)(H,55,71)(H,56,70)(H,57,69)(H,58,72)(H4,50,51,52);1-3,6-7,10-13,28-34H,4-5,8-9,14-24H2,(H16-,47,48,49,50,51,52,53,54,55,56,57,58,61,62,63,64,65,66,67,68,69,70)/p+1/t28-,29+,30-,31-,32-,33-,34-,75?;28-,29+,30+,31+,32+,33+,34+/m01/s1. The maximum absolute atomic E-state index is 14.6. The highest BCUT2D eigenvalue weighted by atomic mass is 33.1. The van der Waals surface area contributed by atoms with Crippen LogP contribution in [0.5, 0.6) is 11.5 Å². The lowest BCUT2D eigenvalue weighted by molar-refractivity contribution is -0.492. The minimum absolute atomic E-state index is 0.0149. The third kappa shape index (κ3) is 42.5. The van der Waals surface area contributed by atoms with E-state index in [1.807, 2.05) is 0 Å². The first-order chi connectivity index (χ1) is 71.2. The molecule has 0 aliphatic carbocycles. The van der Waals surface area contributed by atoms with E-state index in [9.17, 15) is 125 Å². The van der Waals surface area contributed by atoms with Crippen LogP contribution in [0.4, 0.5) is 0 Å². The summed E-state index contributed by atoms with van der Waals surface area (Å²) in [4.78, 5) is 319. The number of primary amides is 6. The molecular formula is C92H127N28O26S4+. The van der Waals surface area contributed by atoms with Crippen molar-refractivity contribution in [2.75, 3.05) is 62.3 Å². The summed E-state index contributed by atoms with van der Waals surface area (Å²) in [5.74, 6) is -23.6. The van der Waals surface area contributed by atoms with Crippen molar-refractivity contribution < 1.29 is 125 Å². The molecule has 54 nitrogen and oxygen atoms in total. The smallest absolute Gasteiger partial charge is 0.456 e. The number of nitroso groups, excluding NO2 is 1. The average molecular weight is 2170 g/mol. The van der Waals surface area contributed by atoms with Crippen LogP contribution in [0, 0.1) is 4.91 Å². The number of rotatable bonds is 40. The summed E-state index contributed by atoms with van der Waals surface area (Å²) in [6.45, 7) is -0.877. The number of hydrazine groups is 1. The van der Waals surface area contributed by atoms with Gasteiger partial charge in [-0.05, 0) is 111 Å². The van der Waals surface area contributed by atoms with Crippen LogP contribution in [0.2, 0.25) is 0 Å². The zero-order chi connectivity index (χ0) is 110. The monoisotopic (exact) mass is 2170 g/mol. The molecule has 20 amide bonds. The van der Waals surface area contributed by atoms with Gasteiger partial charge in [0.1, 0.15) is 78.0 Å². The van der Waals surface area contributed by atoms with Gasteiger partial charge < -0.3 is 136 Å². The van der Waals surface area contributed by atoms with Gasteiger partial charge in [0.15, 0.2) is 18.0 Å². The molecule has 814 valence electrons. The average Bonchev–Trinajstić information content (AvgIpc) is 1.52. The zero-order valence-electron chi connectivity index (χ0n) is 81.5. The molecule has 35 N–H and O–H groups in total. The number of nitrogens with zero attached hydrogens (tertiary/aromatic N) is 5. The molecule has 0 spiro atoms. The number of likely N-dealkylation sites (tertiary alicyclic amines) is 1. The van der Waals surface area contributed by atoms with E-state index >= 15 is 0 Å². The molecule has 4 aliphatic heterocycles. The molecule has 4 fully saturated rings. The molecule has 8 rings (SSSR count). The molecule has 15 atom stereocenters. The van der Waals surface area contributed by atoms with E-state index in [4.69, 9.17) is 57.3 Å². The van der Waals surface area contributed by atoms with Crippen molar-refractivity contribution in [1.82, 2.24) is 79.1 Å². The van der Waals surface area contributed by atoms with E-state index in [1.54, 1.807) is 60.7 Å². The predicted octanol–water partition coefficient (Wildman–Crippen LogP) is -9.48. The quantitative estimate of drug-likeness (QED) is 0.00491. The third-order valence-electron chi connectivity index (χ3n) is 23.2. The topological polar surface area (TPSA) is 901 Å². The fourth-order valence-corrected chi connectivity index (χ4v) is 20.4. The van der Waals surface area contributed by atoms with Gasteiger partial charge in [-0.25, -0.2) is 19.4 Å². The Labute approximate surface area is 873 Å². The highest BCUT2D eigenvalue weighted by molar-refractivity contribution is 8.76. The lowest BCUT2D eigenvalue weighted by atomic mass is 10.0. The fourth-order valence-electron chi connectivity index (χ4n) is 15.7. The number of aromatic hydroxyl groups is 2. The third-order valence-corrected chi connectivity index (χ3v) is 28.6. The van der Waals surface area contributed by atoms with E-state index in [1.165, 1.54) is 53.5 Å². The van der Waals surface area contributed by atoms with E-state index < -0.39 is 287 Å². The van der Waals surface area contributed by atoms with Gasteiger partial charge in [0.05, 0.1) is 58.1 Å². The Bertz CT molecular complexity index is 5600. The molecule has 1 unspecified atom stereocenters. The number of nitrogens with two attached hydrogens (primary N) is 10. The lowest BCUT2D eigenvalue weighted by Gasteiger charge is -2.30. The maximum atomic E-state index is 14.6. The largest absolute Gasteiger partial charge is 0.508 e. The number of phenols is 2. The fraction of sp³-hybridized carbons (Fsp3) is 0.478. The van der Waals surface area contributed by atoms with E-state index in [0.29, 0.717) is 39.5 Å². The van der Waals surface area contributed by atoms with Crippen molar-refractivity contribution in [1.29, 1.82) is 0 Å². The zero-order valence-corrected chi connectivity index (χ0v) is 84.8. The van der Waals surface area contributed by atoms with Gasteiger partial charge >= 0.3 is 5.91 Å². The van der Waals surface area contributed by atoms with Crippen LogP contribution < -0.4 is 127 Å². The number of phenolic OH excluding ortho intramolecular Hbond substituents is 2. The summed E-state index contributed by atoms with van der Waals surface area (Å²) in [5.41, 5.74) is 58.9. The Morgan fingerprint density at radius 3 is 1.31 bits per heavy atom. The number of nitrogens with one attached hydrogen (secondary N) is 13. The van der Waals surface area contributed by atoms with Gasteiger partial charge in [-0.2, -0.15) is 0 Å². The summed E-state index contributed by atoms with van der Waals surface area (Å²) >= 11 is 0. The van der Waals surface area contributed by atoms with Gasteiger partial charge in [-0.3, -0.25) is 111 Å². The predicted molar refractivity (Wildman–Crippen MR) is 545 cm³/mol. The van der Waals surface area contributed by atoms with E-state index in [2.05, 4.69) is 79.2 Å². The Kier molecular flexibility index (Phi) is 50.3. The van der Waals surface area contributed by atoms with Crippen molar-refractivity contribution in [2.24, 2.45) is 67.3 Å². The van der Waals surface area contributed by atoms with E-state index in [-0.39, 0.29) is 149 Å². The molecule has 0 saturated carbocycles. The summed E-state index contributed by atoms with van der Waals surface area (Å²) in [6.07, 6.45) is -3.92. The summed E-state index contributed by atoms with van der Waals surface area (Å²) in [7, 11) is 0.393. The van der Waals surface area contributed by atoms with Crippen LogP contribution >= 0.6 is 32.4 Å². The van der Waals surface area contributed by atoms with Crippen LogP contribution in [-0.2, 0) is 141 Å². The first kappa shape index (κ1) is 122. The number of ketones is 2. The number of hydrogen-bond donors (Lipinski definition) is 25. The number of aliphatic imine (C=N–C) groups is 2. The van der Waals surface area contributed by atoms with Gasteiger partial charge in [-0.15, -0.1) is 0 Å². The summed E-state index contributed by atoms with van der Waals surface area (Å²) in [5, 5.41) is 50.9. The molecule has 4 aliphatic rings. The lowest BCUT2D eigenvalue weighted by Crippen LogP contribution is -2.61. The molecule has 4 aromatic carbocycles.